The summed E-state index contributed by atoms with van der Waals surface area (Å²) in [5.41, 5.74) is 0.956. The van der Waals surface area contributed by atoms with E-state index in [1.54, 1.807) is 11.3 Å². The summed E-state index contributed by atoms with van der Waals surface area (Å²) in [4.78, 5) is 33.8. The summed E-state index contributed by atoms with van der Waals surface area (Å²) in [6, 6.07) is 4.50. The van der Waals surface area contributed by atoms with Crippen LogP contribution in [0.4, 0.5) is 0 Å². The van der Waals surface area contributed by atoms with Crippen LogP contribution in [0.5, 0.6) is 0 Å². The van der Waals surface area contributed by atoms with Crippen molar-refractivity contribution in [1.82, 2.24) is 19.7 Å². The van der Waals surface area contributed by atoms with Gasteiger partial charge in [0.1, 0.15) is 11.2 Å². The maximum atomic E-state index is 14.0. The van der Waals surface area contributed by atoms with Gasteiger partial charge in [-0.15, -0.1) is 11.3 Å². The van der Waals surface area contributed by atoms with Crippen LogP contribution in [0, 0.1) is 11.8 Å². The van der Waals surface area contributed by atoms with Gasteiger partial charge in [-0.05, 0) is 69.5 Å². The number of aryl methyl sites for hydroxylation is 1. The Kier molecular flexibility index (Phi) is 8.02. The highest BCUT2D eigenvalue weighted by Gasteiger charge is 2.48. The lowest BCUT2D eigenvalue weighted by molar-refractivity contribution is -0.133. The molecule has 1 saturated heterocycles. The highest BCUT2D eigenvalue weighted by atomic mass is 32.1. The molecule has 0 bridgehead atoms. The molecule has 2 aromatic rings. The number of hydrogen-bond donors (Lipinski definition) is 1. The van der Waals surface area contributed by atoms with Gasteiger partial charge in [-0.3, -0.25) is 9.59 Å². The van der Waals surface area contributed by atoms with Crippen molar-refractivity contribution in [2.45, 2.75) is 104 Å². The molecule has 4 heterocycles. The molecule has 1 aliphatic carbocycles. The van der Waals surface area contributed by atoms with Crippen molar-refractivity contribution in [3.8, 4) is 0 Å². The molecule has 1 saturated carbocycles. The zero-order valence-corrected chi connectivity index (χ0v) is 24.2. The van der Waals surface area contributed by atoms with E-state index in [2.05, 4.69) is 47.7 Å². The van der Waals surface area contributed by atoms with Crippen LogP contribution in [-0.4, -0.2) is 63.9 Å². The first kappa shape index (κ1) is 26.7. The minimum Gasteiger partial charge on any atom is -0.351 e. The van der Waals surface area contributed by atoms with Crippen LogP contribution in [0.25, 0.3) is 10.2 Å². The van der Waals surface area contributed by atoms with E-state index in [4.69, 9.17) is 0 Å². The van der Waals surface area contributed by atoms with Gasteiger partial charge in [0, 0.05) is 30.6 Å². The standard InChI is InChI=1S/C30H46N4O2S/c1-5-24-16-25-27(37-24)17-26-28(35)34(14-10-13-32-18-21(2)15-22(3)19-32)30(4,20-33(25)26)29(36)31-23-11-8-6-7-9-12-23/h16-17,21-23H,5-15,18-20H2,1-4H3,(H,31,36)/t21-,22-,30-/m1/s1. The Balaban J connectivity index is 1.39. The number of nitrogens with one attached hydrogen (secondary N) is 1. The third-order valence-electron chi connectivity index (χ3n) is 9.00. The number of fused-ring (bicyclic) bond motifs is 3. The summed E-state index contributed by atoms with van der Waals surface area (Å²) in [6.45, 7) is 13.2. The zero-order chi connectivity index (χ0) is 26.2. The summed E-state index contributed by atoms with van der Waals surface area (Å²) in [5.74, 6) is 1.47. The number of aromatic nitrogens is 1. The van der Waals surface area contributed by atoms with Crippen LogP contribution >= 0.6 is 11.3 Å². The molecule has 3 aliphatic rings. The number of piperidine rings is 1. The zero-order valence-electron chi connectivity index (χ0n) is 23.4. The molecule has 2 aromatic heterocycles. The predicted octanol–water partition coefficient (Wildman–Crippen LogP) is 5.69. The van der Waals surface area contributed by atoms with E-state index in [0.29, 0.717) is 13.1 Å². The fourth-order valence-electron chi connectivity index (χ4n) is 7.10. The number of hydrogen-bond acceptors (Lipinski definition) is 4. The molecule has 0 aromatic carbocycles. The summed E-state index contributed by atoms with van der Waals surface area (Å²) in [7, 11) is 0. The molecule has 6 nitrogen and oxygen atoms in total. The number of carbonyl (C=O) groups is 2. The third kappa shape index (κ3) is 5.49. The molecule has 2 aliphatic heterocycles. The Bertz CT molecular complexity index is 1100. The van der Waals surface area contributed by atoms with E-state index in [-0.39, 0.29) is 17.9 Å². The van der Waals surface area contributed by atoms with Crippen LogP contribution in [0.3, 0.4) is 0 Å². The number of likely N-dealkylation sites (tertiary alicyclic amines) is 1. The second-order valence-corrected chi connectivity index (χ2v) is 13.6. The molecular formula is C30H46N4O2S. The lowest BCUT2D eigenvalue weighted by Crippen LogP contribution is -2.65. The summed E-state index contributed by atoms with van der Waals surface area (Å²) < 4.78 is 3.29. The summed E-state index contributed by atoms with van der Waals surface area (Å²) in [6.07, 6.45) is 10.1. The first-order chi connectivity index (χ1) is 17.8. The second-order valence-electron chi connectivity index (χ2n) is 12.4. The Labute approximate surface area is 226 Å². The van der Waals surface area contributed by atoms with E-state index in [1.807, 2.05) is 11.8 Å². The molecule has 204 valence electrons. The topological polar surface area (TPSA) is 57.6 Å². The van der Waals surface area contributed by atoms with Crippen molar-refractivity contribution in [2.24, 2.45) is 11.8 Å². The van der Waals surface area contributed by atoms with Crippen LogP contribution in [0.1, 0.15) is 94.4 Å². The number of amides is 2. The minimum atomic E-state index is -0.890. The number of carbonyl (C=O) groups excluding carboxylic acids is 2. The van der Waals surface area contributed by atoms with Gasteiger partial charge in [0.25, 0.3) is 5.91 Å². The van der Waals surface area contributed by atoms with Gasteiger partial charge in [0.15, 0.2) is 0 Å². The average Bonchev–Trinajstić information content (AvgIpc) is 3.29. The van der Waals surface area contributed by atoms with Crippen molar-refractivity contribution < 1.29 is 9.59 Å². The molecule has 3 atom stereocenters. The fraction of sp³-hybridized carbons (Fsp3) is 0.733. The summed E-state index contributed by atoms with van der Waals surface area (Å²) in [5, 5.41) is 3.40. The van der Waals surface area contributed by atoms with Crippen LogP contribution < -0.4 is 5.32 Å². The monoisotopic (exact) mass is 526 g/mol. The van der Waals surface area contributed by atoms with E-state index >= 15 is 0 Å². The lowest BCUT2D eigenvalue weighted by atomic mass is 9.91. The van der Waals surface area contributed by atoms with Gasteiger partial charge in [-0.1, -0.05) is 46.5 Å². The highest BCUT2D eigenvalue weighted by Crippen LogP contribution is 2.36. The Morgan fingerprint density at radius 3 is 2.46 bits per heavy atom. The molecule has 1 N–H and O–H groups in total. The minimum absolute atomic E-state index is 0.00611. The van der Waals surface area contributed by atoms with Gasteiger partial charge >= 0.3 is 0 Å². The van der Waals surface area contributed by atoms with Crippen LogP contribution in [0.2, 0.25) is 0 Å². The van der Waals surface area contributed by atoms with Crippen molar-refractivity contribution in [2.75, 3.05) is 26.2 Å². The molecule has 7 heteroatoms. The fourth-order valence-corrected chi connectivity index (χ4v) is 8.15. The highest BCUT2D eigenvalue weighted by molar-refractivity contribution is 7.19. The molecule has 37 heavy (non-hydrogen) atoms. The quantitative estimate of drug-likeness (QED) is 0.472. The van der Waals surface area contributed by atoms with E-state index in [1.165, 1.54) is 37.0 Å². The molecular weight excluding hydrogens is 480 g/mol. The van der Waals surface area contributed by atoms with Crippen molar-refractivity contribution in [1.29, 1.82) is 0 Å². The first-order valence-electron chi connectivity index (χ1n) is 14.8. The Morgan fingerprint density at radius 2 is 1.78 bits per heavy atom. The molecule has 0 unspecified atom stereocenters. The van der Waals surface area contributed by atoms with Crippen molar-refractivity contribution in [3.05, 3.63) is 22.7 Å². The van der Waals surface area contributed by atoms with Gasteiger partial charge in [-0.25, -0.2) is 0 Å². The maximum Gasteiger partial charge on any atom is 0.271 e. The molecule has 2 amide bonds. The van der Waals surface area contributed by atoms with Crippen molar-refractivity contribution >= 4 is 33.4 Å². The summed E-state index contributed by atoms with van der Waals surface area (Å²) >= 11 is 1.77. The third-order valence-corrected chi connectivity index (χ3v) is 10.2. The molecule has 5 rings (SSSR count). The van der Waals surface area contributed by atoms with Crippen molar-refractivity contribution in [3.63, 3.8) is 0 Å². The molecule has 2 fully saturated rings. The smallest absolute Gasteiger partial charge is 0.271 e. The van der Waals surface area contributed by atoms with Gasteiger partial charge < -0.3 is 19.7 Å². The second kappa shape index (κ2) is 11.1. The van der Waals surface area contributed by atoms with Gasteiger partial charge in [0.2, 0.25) is 5.91 Å². The van der Waals surface area contributed by atoms with Gasteiger partial charge in [0.05, 0.1) is 16.8 Å². The largest absolute Gasteiger partial charge is 0.351 e. The molecule has 0 spiro atoms. The van der Waals surface area contributed by atoms with Crippen LogP contribution in [0.15, 0.2) is 12.1 Å². The molecule has 0 radical (unpaired) electrons. The predicted molar refractivity (Wildman–Crippen MR) is 152 cm³/mol. The Hall–Kier alpha value is -1.86. The average molecular weight is 527 g/mol. The van der Waals surface area contributed by atoms with Crippen LogP contribution in [-0.2, 0) is 17.8 Å². The number of nitrogens with zero attached hydrogens (tertiary/aromatic N) is 3. The number of rotatable bonds is 7. The maximum absolute atomic E-state index is 14.0. The lowest BCUT2D eigenvalue weighted by Gasteiger charge is -2.45. The van der Waals surface area contributed by atoms with E-state index in [9.17, 15) is 9.59 Å². The Morgan fingerprint density at radius 1 is 1.08 bits per heavy atom. The normalized spacial score (nSPS) is 27.9. The first-order valence-corrected chi connectivity index (χ1v) is 15.6. The van der Waals surface area contributed by atoms with E-state index in [0.717, 1.165) is 73.1 Å². The van der Waals surface area contributed by atoms with Gasteiger partial charge in [-0.2, -0.15) is 0 Å². The van der Waals surface area contributed by atoms with E-state index < -0.39 is 5.54 Å². The SMILES string of the molecule is CCc1cc2c(cc3n2C[C@](C)(C(=O)NC2CCCCCC2)N(CCCN2C[C@H](C)C[C@@H](C)C2)C3=O)s1. The number of thiophene rings is 1.